The molecule has 0 saturated heterocycles. The highest BCUT2D eigenvalue weighted by atomic mass is 16.2. The number of carbonyl (C=O) groups is 2. The van der Waals surface area contributed by atoms with Gasteiger partial charge in [0.2, 0.25) is 5.91 Å². The predicted octanol–water partition coefficient (Wildman–Crippen LogP) is 2.92. The van der Waals surface area contributed by atoms with Crippen LogP contribution in [0.2, 0.25) is 0 Å². The van der Waals surface area contributed by atoms with Gasteiger partial charge in [-0.3, -0.25) is 14.6 Å². The largest absolute Gasteiger partial charge is 0.340 e. The molecule has 0 aliphatic carbocycles. The third kappa shape index (κ3) is 4.81. The summed E-state index contributed by atoms with van der Waals surface area (Å²) in [6.45, 7) is 0.504. The molecule has 2 amide bonds. The Labute approximate surface area is 164 Å². The lowest BCUT2D eigenvalue weighted by Gasteiger charge is -2.16. The van der Waals surface area contributed by atoms with E-state index >= 15 is 0 Å². The fourth-order valence-corrected chi connectivity index (χ4v) is 2.81. The van der Waals surface area contributed by atoms with Crippen molar-refractivity contribution in [2.24, 2.45) is 5.73 Å². The van der Waals surface area contributed by atoms with E-state index in [4.69, 9.17) is 5.73 Å². The minimum absolute atomic E-state index is 0.00186. The maximum atomic E-state index is 12.2. The van der Waals surface area contributed by atoms with Crippen LogP contribution in [0.3, 0.4) is 0 Å². The summed E-state index contributed by atoms with van der Waals surface area (Å²) in [5.74, 6) is -0.346. The molecule has 0 unspecified atom stereocenters. The van der Waals surface area contributed by atoms with Crippen LogP contribution in [-0.2, 0) is 11.3 Å². The van der Waals surface area contributed by atoms with Crippen LogP contribution in [0, 0.1) is 0 Å². The fourth-order valence-electron chi connectivity index (χ4n) is 2.81. The molecule has 0 aliphatic heterocycles. The highest BCUT2D eigenvalue weighted by Crippen LogP contribution is 2.23. The second-order valence-electron chi connectivity index (χ2n) is 6.40. The molecule has 1 aromatic heterocycles. The predicted molar refractivity (Wildman–Crippen MR) is 110 cm³/mol. The van der Waals surface area contributed by atoms with E-state index in [-0.39, 0.29) is 18.4 Å². The first-order valence-corrected chi connectivity index (χ1v) is 8.92. The number of benzene rings is 2. The third-order valence-electron chi connectivity index (χ3n) is 4.32. The summed E-state index contributed by atoms with van der Waals surface area (Å²) in [5.41, 5.74) is 9.55. The van der Waals surface area contributed by atoms with Gasteiger partial charge >= 0.3 is 0 Å². The number of anilines is 1. The molecule has 1 heterocycles. The number of likely N-dealkylation sites (N-methyl/N-ethyl adjacent to an activating group) is 1. The average Bonchev–Trinajstić information content (AvgIpc) is 2.74. The van der Waals surface area contributed by atoms with Gasteiger partial charge in [0.15, 0.2) is 0 Å². The molecule has 0 fully saturated rings. The van der Waals surface area contributed by atoms with Crippen LogP contribution in [0.15, 0.2) is 72.9 Å². The number of pyridine rings is 1. The van der Waals surface area contributed by atoms with Crippen molar-refractivity contribution in [1.29, 1.82) is 0 Å². The minimum atomic E-state index is -0.247. The maximum Gasteiger partial charge on any atom is 0.274 e. The van der Waals surface area contributed by atoms with E-state index in [9.17, 15) is 9.59 Å². The van der Waals surface area contributed by atoms with Crippen molar-refractivity contribution in [2.75, 3.05) is 18.9 Å². The molecule has 0 aliphatic rings. The minimum Gasteiger partial charge on any atom is -0.340 e. The number of amides is 2. The highest BCUT2D eigenvalue weighted by molar-refractivity contribution is 6.02. The average molecular weight is 374 g/mol. The standard InChI is InChI=1S/C22H22N4O2/c1-26(21(27)14-23)15-16-5-4-6-18(13-16)17-8-10-19(11-9-17)25-22(28)20-7-2-3-12-24-20/h2-13H,14-15,23H2,1H3,(H,25,28). The number of hydrogen-bond acceptors (Lipinski definition) is 4. The highest BCUT2D eigenvalue weighted by Gasteiger charge is 2.09. The first-order valence-electron chi connectivity index (χ1n) is 8.92. The molecule has 142 valence electrons. The molecule has 0 bridgehead atoms. The first-order chi connectivity index (χ1) is 13.6. The number of hydrogen-bond donors (Lipinski definition) is 2. The molecule has 3 rings (SSSR count). The van der Waals surface area contributed by atoms with E-state index in [0.29, 0.717) is 17.9 Å². The van der Waals surface area contributed by atoms with Crippen LogP contribution in [-0.4, -0.2) is 35.3 Å². The zero-order chi connectivity index (χ0) is 19.9. The van der Waals surface area contributed by atoms with Gasteiger partial charge in [-0.05, 0) is 47.0 Å². The summed E-state index contributed by atoms with van der Waals surface area (Å²) in [6.07, 6.45) is 1.59. The number of rotatable bonds is 6. The Kier molecular flexibility index (Phi) is 6.14. The summed E-state index contributed by atoms with van der Waals surface area (Å²) in [4.78, 5) is 29.5. The second-order valence-corrected chi connectivity index (χ2v) is 6.40. The van der Waals surface area contributed by atoms with E-state index in [0.717, 1.165) is 16.7 Å². The van der Waals surface area contributed by atoms with Crippen LogP contribution in [0.1, 0.15) is 16.1 Å². The SMILES string of the molecule is CN(Cc1cccc(-c2ccc(NC(=O)c3ccccn3)cc2)c1)C(=O)CN. The summed E-state index contributed by atoms with van der Waals surface area (Å²) in [6, 6.07) is 20.8. The molecule has 6 heteroatoms. The summed E-state index contributed by atoms with van der Waals surface area (Å²) in [7, 11) is 1.74. The van der Waals surface area contributed by atoms with Crippen LogP contribution < -0.4 is 11.1 Å². The Balaban J connectivity index is 1.70. The Morgan fingerprint density at radius 2 is 1.79 bits per heavy atom. The molecule has 3 aromatic rings. The molecule has 2 aromatic carbocycles. The Bertz CT molecular complexity index is 956. The van der Waals surface area contributed by atoms with Gasteiger partial charge in [-0.1, -0.05) is 36.4 Å². The first kappa shape index (κ1) is 19.3. The quantitative estimate of drug-likeness (QED) is 0.694. The van der Waals surface area contributed by atoms with Gasteiger partial charge in [-0.2, -0.15) is 0 Å². The van der Waals surface area contributed by atoms with Gasteiger partial charge in [0.05, 0.1) is 6.54 Å². The van der Waals surface area contributed by atoms with Gasteiger partial charge in [0.25, 0.3) is 5.91 Å². The fraction of sp³-hybridized carbons (Fsp3) is 0.136. The zero-order valence-electron chi connectivity index (χ0n) is 15.6. The second kappa shape index (κ2) is 8.92. The molecular weight excluding hydrogens is 352 g/mol. The van der Waals surface area contributed by atoms with Crippen LogP contribution >= 0.6 is 0 Å². The van der Waals surface area contributed by atoms with Crippen molar-refractivity contribution >= 4 is 17.5 Å². The molecule has 6 nitrogen and oxygen atoms in total. The Morgan fingerprint density at radius 1 is 1.00 bits per heavy atom. The lowest BCUT2D eigenvalue weighted by atomic mass is 10.0. The van der Waals surface area contributed by atoms with Gasteiger partial charge in [-0.25, -0.2) is 0 Å². The third-order valence-corrected chi connectivity index (χ3v) is 4.32. The van der Waals surface area contributed by atoms with Crippen LogP contribution in [0.25, 0.3) is 11.1 Å². The van der Waals surface area contributed by atoms with E-state index in [1.54, 1.807) is 36.3 Å². The van der Waals surface area contributed by atoms with Crippen molar-refractivity contribution in [2.45, 2.75) is 6.54 Å². The van der Waals surface area contributed by atoms with Gasteiger partial charge < -0.3 is 16.0 Å². The topological polar surface area (TPSA) is 88.3 Å². The lowest BCUT2D eigenvalue weighted by molar-refractivity contribution is -0.128. The zero-order valence-corrected chi connectivity index (χ0v) is 15.6. The molecule has 28 heavy (non-hydrogen) atoms. The van der Waals surface area contributed by atoms with Gasteiger partial charge in [0, 0.05) is 25.5 Å². The van der Waals surface area contributed by atoms with Crippen LogP contribution in [0.4, 0.5) is 5.69 Å². The van der Waals surface area contributed by atoms with Crippen molar-refractivity contribution in [3.05, 3.63) is 84.2 Å². The van der Waals surface area contributed by atoms with Gasteiger partial charge in [-0.15, -0.1) is 0 Å². The van der Waals surface area contributed by atoms with Crippen LogP contribution in [0.5, 0.6) is 0 Å². The molecule has 3 N–H and O–H groups in total. The van der Waals surface area contributed by atoms with E-state index < -0.39 is 0 Å². The number of aromatic nitrogens is 1. The number of carbonyl (C=O) groups excluding carboxylic acids is 2. The van der Waals surface area contributed by atoms with Crippen molar-refractivity contribution in [1.82, 2.24) is 9.88 Å². The molecular formula is C22H22N4O2. The monoisotopic (exact) mass is 374 g/mol. The summed E-state index contributed by atoms with van der Waals surface area (Å²) in [5, 5.41) is 2.84. The van der Waals surface area contributed by atoms with E-state index in [1.165, 1.54) is 0 Å². The van der Waals surface area contributed by atoms with Gasteiger partial charge in [0.1, 0.15) is 5.69 Å². The molecule has 0 atom stereocenters. The summed E-state index contributed by atoms with van der Waals surface area (Å²) >= 11 is 0. The smallest absolute Gasteiger partial charge is 0.274 e. The maximum absolute atomic E-state index is 12.2. The molecule has 0 radical (unpaired) electrons. The van der Waals surface area contributed by atoms with Crippen molar-refractivity contribution in [3.63, 3.8) is 0 Å². The van der Waals surface area contributed by atoms with Crippen molar-refractivity contribution < 1.29 is 9.59 Å². The lowest BCUT2D eigenvalue weighted by Crippen LogP contribution is -2.32. The summed E-state index contributed by atoms with van der Waals surface area (Å²) < 4.78 is 0. The Hall–Kier alpha value is -3.51. The Morgan fingerprint density at radius 3 is 2.46 bits per heavy atom. The number of nitrogens with two attached hydrogens (primary N) is 1. The molecule has 0 saturated carbocycles. The number of nitrogens with zero attached hydrogens (tertiary/aromatic N) is 2. The molecule has 0 spiro atoms. The van der Waals surface area contributed by atoms with Crippen molar-refractivity contribution in [3.8, 4) is 11.1 Å². The normalized spacial score (nSPS) is 10.4. The number of nitrogens with one attached hydrogen (secondary N) is 1. The van der Waals surface area contributed by atoms with E-state index in [2.05, 4.69) is 10.3 Å². The van der Waals surface area contributed by atoms with E-state index in [1.807, 2.05) is 48.5 Å².